The van der Waals surface area contributed by atoms with Crippen LogP contribution in [0.2, 0.25) is 0 Å². The summed E-state index contributed by atoms with van der Waals surface area (Å²) in [5.74, 6) is 1.77. The topological polar surface area (TPSA) is 51.3 Å². The number of hydrogen-bond acceptors (Lipinski definition) is 4. The van der Waals surface area contributed by atoms with Crippen LogP contribution in [0, 0.1) is 0 Å². The Bertz CT molecular complexity index is 1250. The van der Waals surface area contributed by atoms with Gasteiger partial charge in [-0.3, -0.25) is 4.99 Å². The van der Waals surface area contributed by atoms with Gasteiger partial charge in [0.15, 0.2) is 5.58 Å². The van der Waals surface area contributed by atoms with Crippen molar-refractivity contribution in [2.24, 2.45) is 4.99 Å². The molecule has 0 unspecified atom stereocenters. The van der Waals surface area contributed by atoms with Crippen molar-refractivity contribution >= 4 is 22.5 Å². The van der Waals surface area contributed by atoms with Crippen LogP contribution >= 0.6 is 0 Å². The van der Waals surface area contributed by atoms with Gasteiger partial charge in [0.25, 0.3) is 0 Å². The van der Waals surface area contributed by atoms with Gasteiger partial charge < -0.3 is 4.42 Å². The Morgan fingerprint density at radius 1 is 0.788 bits per heavy atom. The van der Waals surface area contributed by atoms with E-state index >= 15 is 0 Å². The Hall–Kier alpha value is -3.27. The largest absolute Gasteiger partial charge is 0.435 e. The summed E-state index contributed by atoms with van der Waals surface area (Å²) in [6.45, 7) is 15.5. The fourth-order valence-electron chi connectivity index (χ4n) is 4.01. The summed E-state index contributed by atoms with van der Waals surface area (Å²) >= 11 is 0. The zero-order valence-corrected chi connectivity index (χ0v) is 20.7. The van der Waals surface area contributed by atoms with Crippen LogP contribution in [0.4, 0.5) is 5.69 Å². The van der Waals surface area contributed by atoms with Gasteiger partial charge in [0, 0.05) is 0 Å². The van der Waals surface area contributed by atoms with E-state index in [4.69, 9.17) is 14.4 Å². The Balaban J connectivity index is 1.80. The molecular weight excluding hydrogens is 406 g/mol. The summed E-state index contributed by atoms with van der Waals surface area (Å²) in [5, 5.41) is 0. The second-order valence-corrected chi connectivity index (χ2v) is 9.60. The van der Waals surface area contributed by atoms with E-state index in [9.17, 15) is 0 Å². The molecule has 4 nitrogen and oxygen atoms in total. The number of oxazole rings is 1. The molecule has 0 spiro atoms. The summed E-state index contributed by atoms with van der Waals surface area (Å²) < 4.78 is 5.93. The molecule has 0 radical (unpaired) electrons. The van der Waals surface area contributed by atoms with E-state index in [1.165, 1.54) is 16.7 Å². The Morgan fingerprint density at radius 2 is 1.45 bits per heavy atom. The zero-order chi connectivity index (χ0) is 23.7. The van der Waals surface area contributed by atoms with E-state index in [0.29, 0.717) is 29.3 Å². The maximum Gasteiger partial charge on any atom is 0.246 e. The third kappa shape index (κ3) is 4.75. The molecule has 0 aliphatic heterocycles. The van der Waals surface area contributed by atoms with Gasteiger partial charge in [-0.2, -0.15) is 0 Å². The van der Waals surface area contributed by atoms with E-state index in [-0.39, 0.29) is 0 Å². The summed E-state index contributed by atoms with van der Waals surface area (Å²) in [6.07, 6.45) is 0. The monoisotopic (exact) mass is 439 g/mol. The van der Waals surface area contributed by atoms with Crippen LogP contribution in [0.5, 0.6) is 0 Å². The van der Waals surface area contributed by atoms with Gasteiger partial charge in [-0.15, -0.1) is 0 Å². The van der Waals surface area contributed by atoms with Crippen molar-refractivity contribution in [3.63, 3.8) is 0 Å². The molecule has 2 aromatic heterocycles. The lowest BCUT2D eigenvalue weighted by molar-refractivity contribution is 0.616. The van der Waals surface area contributed by atoms with Gasteiger partial charge >= 0.3 is 0 Å². The molecule has 0 fully saturated rings. The third-order valence-electron chi connectivity index (χ3n) is 6.01. The quantitative estimate of drug-likeness (QED) is 0.283. The maximum atomic E-state index is 5.93. The standard InChI is InChI=1S/C29H33N3O/c1-17(2)21-15-22(18(3)4)28(23(16-21)19(5)6)30-20(7)24-12-10-13-26(31-24)29-32-25-11-8-9-14-27(25)33-29/h8-19H,1-7H3. The highest BCUT2D eigenvalue weighted by molar-refractivity contribution is 5.99. The first-order valence-corrected chi connectivity index (χ1v) is 11.8. The van der Waals surface area contributed by atoms with Gasteiger partial charge in [0.1, 0.15) is 11.2 Å². The summed E-state index contributed by atoms with van der Waals surface area (Å²) in [5.41, 5.74) is 9.05. The number of para-hydroxylation sites is 2. The first-order chi connectivity index (χ1) is 15.7. The molecule has 4 aromatic rings. The first-order valence-electron chi connectivity index (χ1n) is 11.8. The second-order valence-electron chi connectivity index (χ2n) is 9.60. The number of aromatic nitrogens is 2. The minimum absolute atomic E-state index is 0.381. The highest BCUT2D eigenvalue weighted by Crippen LogP contribution is 2.38. The summed E-state index contributed by atoms with van der Waals surface area (Å²) in [6, 6.07) is 18.3. The molecule has 0 N–H and O–H groups in total. The molecule has 0 atom stereocenters. The van der Waals surface area contributed by atoms with Gasteiger partial charge in [-0.05, 0) is 65.6 Å². The van der Waals surface area contributed by atoms with E-state index in [2.05, 4.69) is 58.7 Å². The number of rotatable bonds is 6. The fourth-order valence-corrected chi connectivity index (χ4v) is 4.01. The van der Waals surface area contributed by atoms with E-state index in [0.717, 1.165) is 28.2 Å². The molecule has 2 heterocycles. The van der Waals surface area contributed by atoms with Crippen LogP contribution in [0.15, 0.2) is 64.0 Å². The molecule has 0 aliphatic carbocycles. The number of benzene rings is 2. The number of hydrogen-bond donors (Lipinski definition) is 0. The summed E-state index contributed by atoms with van der Waals surface area (Å²) in [7, 11) is 0. The highest BCUT2D eigenvalue weighted by atomic mass is 16.3. The first kappa shape index (κ1) is 22.9. The molecule has 4 rings (SSSR count). The van der Waals surface area contributed by atoms with Crippen LogP contribution < -0.4 is 0 Å². The summed E-state index contributed by atoms with van der Waals surface area (Å²) in [4.78, 5) is 14.6. The molecule has 0 saturated carbocycles. The van der Waals surface area contributed by atoms with Crippen LogP contribution in [0.25, 0.3) is 22.7 Å². The molecule has 0 aliphatic rings. The fraction of sp³-hybridized carbons (Fsp3) is 0.345. The molecule has 170 valence electrons. The third-order valence-corrected chi connectivity index (χ3v) is 6.01. The molecule has 2 aromatic carbocycles. The van der Waals surface area contributed by atoms with Crippen molar-refractivity contribution in [3.8, 4) is 11.6 Å². The van der Waals surface area contributed by atoms with Crippen LogP contribution in [-0.2, 0) is 0 Å². The average Bonchev–Trinajstić information content (AvgIpc) is 3.23. The Labute approximate surface area is 196 Å². The van der Waals surface area contributed by atoms with Gasteiger partial charge in [-0.1, -0.05) is 71.9 Å². The molecule has 4 heteroatoms. The van der Waals surface area contributed by atoms with Crippen molar-refractivity contribution in [1.82, 2.24) is 9.97 Å². The van der Waals surface area contributed by atoms with Crippen LogP contribution in [0.1, 0.15) is 88.6 Å². The predicted octanol–water partition coefficient (Wildman–Crippen LogP) is 8.40. The zero-order valence-electron chi connectivity index (χ0n) is 20.7. The smallest absolute Gasteiger partial charge is 0.246 e. The Kier molecular flexibility index (Phi) is 6.46. The van der Waals surface area contributed by atoms with Gasteiger partial charge in [-0.25, -0.2) is 9.97 Å². The molecule has 0 saturated heterocycles. The lowest BCUT2D eigenvalue weighted by Crippen LogP contribution is -2.04. The maximum absolute atomic E-state index is 5.93. The normalized spacial score (nSPS) is 12.5. The van der Waals surface area contributed by atoms with E-state index in [1.807, 2.05) is 49.4 Å². The lowest BCUT2D eigenvalue weighted by atomic mass is 9.87. The van der Waals surface area contributed by atoms with Gasteiger partial charge in [0.05, 0.1) is 17.1 Å². The Morgan fingerprint density at radius 3 is 2.06 bits per heavy atom. The number of fused-ring (bicyclic) bond motifs is 1. The number of aliphatic imine (C=N–C) groups is 1. The average molecular weight is 440 g/mol. The second kappa shape index (κ2) is 9.30. The lowest BCUT2D eigenvalue weighted by Gasteiger charge is -2.21. The van der Waals surface area contributed by atoms with Crippen molar-refractivity contribution < 1.29 is 4.42 Å². The van der Waals surface area contributed by atoms with Crippen molar-refractivity contribution in [3.05, 3.63) is 77.0 Å². The van der Waals surface area contributed by atoms with Crippen molar-refractivity contribution in [1.29, 1.82) is 0 Å². The van der Waals surface area contributed by atoms with Crippen molar-refractivity contribution in [2.45, 2.75) is 66.2 Å². The predicted molar refractivity (Wildman–Crippen MR) is 138 cm³/mol. The SMILES string of the molecule is CC(=Nc1c(C(C)C)cc(C(C)C)cc1C(C)C)c1cccc(-c2nc3ccccc3o2)n1. The van der Waals surface area contributed by atoms with Gasteiger partial charge in [0.2, 0.25) is 5.89 Å². The molecule has 33 heavy (non-hydrogen) atoms. The highest BCUT2D eigenvalue weighted by Gasteiger charge is 2.18. The van der Waals surface area contributed by atoms with E-state index in [1.54, 1.807) is 0 Å². The van der Waals surface area contributed by atoms with Crippen LogP contribution in [0.3, 0.4) is 0 Å². The molecule has 0 bridgehead atoms. The molecular formula is C29H33N3O. The van der Waals surface area contributed by atoms with E-state index < -0.39 is 0 Å². The molecule has 0 amide bonds. The van der Waals surface area contributed by atoms with Crippen molar-refractivity contribution in [2.75, 3.05) is 0 Å². The number of pyridine rings is 1. The minimum atomic E-state index is 0.381. The minimum Gasteiger partial charge on any atom is -0.435 e. The van der Waals surface area contributed by atoms with Crippen LogP contribution in [-0.4, -0.2) is 15.7 Å². The number of nitrogens with zero attached hydrogens (tertiary/aromatic N) is 3.